The molecule has 0 bridgehead atoms. The van der Waals surface area contributed by atoms with E-state index in [-0.39, 0.29) is 11.3 Å². The maximum Gasteiger partial charge on any atom is 0.178 e. The van der Waals surface area contributed by atoms with Crippen LogP contribution in [-0.2, 0) is 21.8 Å². The molecule has 1 fully saturated rings. The fraction of sp³-hybridized carbons (Fsp3) is 0.538. The second-order valence-electron chi connectivity index (χ2n) is 5.21. The Morgan fingerprint density at radius 3 is 2.59 bits per heavy atom. The molecule has 4 heteroatoms. The zero-order chi connectivity index (χ0) is 12.1. The Balaban J connectivity index is 2.18. The number of hydrogen-bond donors (Lipinski definition) is 1. The quantitative estimate of drug-likeness (QED) is 0.827. The summed E-state index contributed by atoms with van der Waals surface area (Å²) in [5.74, 6) is 0.245. The maximum atomic E-state index is 11.9. The van der Waals surface area contributed by atoms with Gasteiger partial charge in [-0.05, 0) is 36.5 Å². The Kier molecular flexibility index (Phi) is 2.35. The normalized spacial score (nSPS) is 24.8. The molecule has 2 aliphatic rings. The molecule has 1 aromatic carbocycles. The lowest BCUT2D eigenvalue weighted by Crippen LogP contribution is -2.34. The van der Waals surface area contributed by atoms with Gasteiger partial charge in [0.15, 0.2) is 9.84 Å². The lowest BCUT2D eigenvalue weighted by Gasteiger charge is -2.26. The Labute approximate surface area is 102 Å². The molecular formula is C13H17NO2S. The van der Waals surface area contributed by atoms with E-state index in [4.69, 9.17) is 5.73 Å². The molecule has 1 saturated carbocycles. The van der Waals surface area contributed by atoms with Gasteiger partial charge in [-0.3, -0.25) is 0 Å². The predicted octanol–water partition coefficient (Wildman–Crippen LogP) is 1.74. The van der Waals surface area contributed by atoms with E-state index in [0.29, 0.717) is 11.3 Å². The summed E-state index contributed by atoms with van der Waals surface area (Å²) in [5.41, 5.74) is 8.22. The minimum Gasteiger partial charge on any atom is -0.321 e. The molecule has 0 saturated heterocycles. The molecular weight excluding hydrogens is 234 g/mol. The highest BCUT2D eigenvalue weighted by Crippen LogP contribution is 2.41. The lowest BCUT2D eigenvalue weighted by atomic mass is 9.85. The number of nitrogens with two attached hydrogens (primary N) is 1. The monoisotopic (exact) mass is 251 g/mol. The van der Waals surface area contributed by atoms with Crippen molar-refractivity contribution in [2.45, 2.75) is 42.5 Å². The average molecular weight is 251 g/mol. The summed E-state index contributed by atoms with van der Waals surface area (Å²) in [5, 5.41) is 0. The molecule has 1 aliphatic carbocycles. The summed E-state index contributed by atoms with van der Waals surface area (Å²) < 4.78 is 23.8. The van der Waals surface area contributed by atoms with Gasteiger partial charge in [0.1, 0.15) is 0 Å². The molecule has 0 atom stereocenters. The average Bonchev–Trinajstić information content (AvgIpc) is 2.85. The van der Waals surface area contributed by atoms with E-state index in [9.17, 15) is 8.42 Å². The molecule has 3 nitrogen and oxygen atoms in total. The van der Waals surface area contributed by atoms with Crippen molar-refractivity contribution in [3.05, 3.63) is 29.3 Å². The van der Waals surface area contributed by atoms with E-state index >= 15 is 0 Å². The summed E-state index contributed by atoms with van der Waals surface area (Å²) >= 11 is 0. The smallest absolute Gasteiger partial charge is 0.178 e. The van der Waals surface area contributed by atoms with E-state index in [1.165, 1.54) is 0 Å². The first-order valence-corrected chi connectivity index (χ1v) is 7.82. The molecule has 0 radical (unpaired) electrons. The van der Waals surface area contributed by atoms with Crippen molar-refractivity contribution in [1.82, 2.24) is 0 Å². The van der Waals surface area contributed by atoms with Crippen molar-refractivity contribution in [3.63, 3.8) is 0 Å². The third-order valence-electron chi connectivity index (χ3n) is 4.12. The second kappa shape index (κ2) is 3.56. The number of benzene rings is 1. The molecule has 0 aromatic heterocycles. The maximum absolute atomic E-state index is 11.9. The highest BCUT2D eigenvalue weighted by Gasteiger charge is 2.37. The van der Waals surface area contributed by atoms with Crippen LogP contribution in [0.4, 0.5) is 0 Å². The largest absolute Gasteiger partial charge is 0.321 e. The molecule has 0 unspecified atom stereocenters. The molecule has 92 valence electrons. The van der Waals surface area contributed by atoms with Crippen molar-refractivity contribution < 1.29 is 8.42 Å². The summed E-state index contributed by atoms with van der Waals surface area (Å²) in [4.78, 5) is 0.520. The van der Waals surface area contributed by atoms with Crippen LogP contribution in [0.2, 0.25) is 0 Å². The van der Waals surface area contributed by atoms with Gasteiger partial charge in [-0.2, -0.15) is 0 Å². The van der Waals surface area contributed by atoms with Gasteiger partial charge in [0.25, 0.3) is 0 Å². The molecule has 0 amide bonds. The van der Waals surface area contributed by atoms with Crippen LogP contribution in [0.15, 0.2) is 23.1 Å². The van der Waals surface area contributed by atoms with Crippen LogP contribution >= 0.6 is 0 Å². The summed E-state index contributed by atoms with van der Waals surface area (Å²) in [7, 11) is -3.04. The first-order chi connectivity index (χ1) is 8.03. The molecule has 17 heavy (non-hydrogen) atoms. The summed E-state index contributed by atoms with van der Waals surface area (Å²) in [6.07, 6.45) is 4.87. The van der Waals surface area contributed by atoms with Crippen molar-refractivity contribution in [2.75, 3.05) is 5.75 Å². The van der Waals surface area contributed by atoms with E-state index in [1.807, 2.05) is 12.1 Å². The Bertz CT molecular complexity index is 557. The third kappa shape index (κ3) is 1.62. The van der Waals surface area contributed by atoms with Crippen LogP contribution in [0.3, 0.4) is 0 Å². The van der Waals surface area contributed by atoms with Crippen LogP contribution in [0.25, 0.3) is 0 Å². The van der Waals surface area contributed by atoms with E-state index in [2.05, 4.69) is 0 Å². The van der Waals surface area contributed by atoms with Crippen molar-refractivity contribution in [2.24, 2.45) is 5.73 Å². The number of rotatable bonds is 1. The van der Waals surface area contributed by atoms with E-state index < -0.39 is 9.84 Å². The zero-order valence-electron chi connectivity index (χ0n) is 9.78. The van der Waals surface area contributed by atoms with Gasteiger partial charge < -0.3 is 5.73 Å². The van der Waals surface area contributed by atoms with Crippen LogP contribution in [-0.4, -0.2) is 14.2 Å². The van der Waals surface area contributed by atoms with Crippen molar-refractivity contribution in [1.29, 1.82) is 0 Å². The standard InChI is InChI=1S/C13H17NO2S/c14-13(7-1-2-8-13)11-4-3-5-12-10(11)6-9-17(12,15)16/h3-5H,1-2,6-9,14H2. The van der Waals surface area contributed by atoms with Crippen LogP contribution in [0.1, 0.15) is 36.8 Å². The highest BCUT2D eigenvalue weighted by molar-refractivity contribution is 7.91. The van der Waals surface area contributed by atoms with Gasteiger partial charge in [0, 0.05) is 5.54 Å². The van der Waals surface area contributed by atoms with Crippen LogP contribution < -0.4 is 5.73 Å². The first kappa shape index (κ1) is 11.2. The molecule has 1 heterocycles. The van der Waals surface area contributed by atoms with Gasteiger partial charge in [-0.1, -0.05) is 25.0 Å². The van der Waals surface area contributed by atoms with Crippen LogP contribution in [0, 0.1) is 0 Å². The van der Waals surface area contributed by atoms with Crippen molar-refractivity contribution in [3.8, 4) is 0 Å². The molecule has 1 aliphatic heterocycles. The third-order valence-corrected chi connectivity index (χ3v) is 5.92. The fourth-order valence-corrected chi connectivity index (χ4v) is 4.77. The SMILES string of the molecule is NC1(c2cccc3c2CCS3(=O)=O)CCCC1. The number of hydrogen-bond acceptors (Lipinski definition) is 3. The highest BCUT2D eigenvalue weighted by atomic mass is 32.2. The predicted molar refractivity (Wildman–Crippen MR) is 66.5 cm³/mol. The first-order valence-electron chi connectivity index (χ1n) is 6.17. The van der Waals surface area contributed by atoms with Crippen LogP contribution in [0.5, 0.6) is 0 Å². The van der Waals surface area contributed by atoms with E-state index in [1.54, 1.807) is 6.07 Å². The summed E-state index contributed by atoms with van der Waals surface area (Å²) in [6, 6.07) is 5.58. The topological polar surface area (TPSA) is 60.2 Å². The molecule has 1 aromatic rings. The van der Waals surface area contributed by atoms with Crippen molar-refractivity contribution >= 4 is 9.84 Å². The van der Waals surface area contributed by atoms with Gasteiger partial charge in [0.05, 0.1) is 10.6 Å². The molecule has 0 spiro atoms. The molecule has 2 N–H and O–H groups in total. The minimum atomic E-state index is -3.04. The molecule has 3 rings (SSSR count). The van der Waals surface area contributed by atoms with Gasteiger partial charge in [-0.15, -0.1) is 0 Å². The Hall–Kier alpha value is -0.870. The fourth-order valence-electron chi connectivity index (χ4n) is 3.20. The Morgan fingerprint density at radius 2 is 1.88 bits per heavy atom. The second-order valence-corrected chi connectivity index (χ2v) is 7.29. The summed E-state index contributed by atoms with van der Waals surface area (Å²) in [6.45, 7) is 0. The minimum absolute atomic E-state index is 0.245. The lowest BCUT2D eigenvalue weighted by molar-refractivity contribution is 0.457. The number of sulfone groups is 1. The number of fused-ring (bicyclic) bond motifs is 1. The van der Waals surface area contributed by atoms with Gasteiger partial charge in [-0.25, -0.2) is 8.42 Å². The van der Waals surface area contributed by atoms with Gasteiger partial charge in [0.2, 0.25) is 0 Å². The van der Waals surface area contributed by atoms with Gasteiger partial charge >= 0.3 is 0 Å². The van der Waals surface area contributed by atoms with E-state index in [0.717, 1.165) is 36.8 Å². The Morgan fingerprint density at radius 1 is 1.18 bits per heavy atom. The zero-order valence-corrected chi connectivity index (χ0v) is 10.6.